The zero-order valence-electron chi connectivity index (χ0n) is 10.9. The van der Waals surface area contributed by atoms with Gasteiger partial charge in [0.05, 0.1) is 13.2 Å². The van der Waals surface area contributed by atoms with E-state index in [1.165, 1.54) is 11.1 Å². The van der Waals surface area contributed by atoms with E-state index in [0.29, 0.717) is 11.8 Å². The molecule has 0 heterocycles. The zero-order valence-corrected chi connectivity index (χ0v) is 10.9. The van der Waals surface area contributed by atoms with Crippen molar-refractivity contribution in [1.82, 2.24) is 0 Å². The second-order valence-corrected chi connectivity index (χ2v) is 5.99. The number of aliphatic hydroxyl groups is 2. The van der Waals surface area contributed by atoms with Gasteiger partial charge in [-0.2, -0.15) is 0 Å². The van der Waals surface area contributed by atoms with Gasteiger partial charge in [-0.15, -0.1) is 0 Å². The van der Waals surface area contributed by atoms with Gasteiger partial charge in [0.15, 0.2) is 0 Å². The summed E-state index contributed by atoms with van der Waals surface area (Å²) in [4.78, 5) is 0. The smallest absolute Gasteiger partial charge is 0.0509 e. The average Bonchev–Trinajstić information content (AvgIpc) is 2.37. The van der Waals surface area contributed by atoms with Crippen LogP contribution in [0.3, 0.4) is 0 Å². The molecule has 0 aromatic rings. The molecular formula is C15H24O2. The molecule has 1 saturated carbocycles. The van der Waals surface area contributed by atoms with Crippen molar-refractivity contribution < 1.29 is 10.2 Å². The van der Waals surface area contributed by atoms with Crippen LogP contribution in [0.15, 0.2) is 23.3 Å². The maximum atomic E-state index is 9.56. The molecule has 0 spiro atoms. The molecule has 0 aromatic heterocycles. The summed E-state index contributed by atoms with van der Waals surface area (Å²) in [5.41, 5.74) is 2.70. The predicted octanol–water partition coefficient (Wildman–Crippen LogP) is 2.67. The van der Waals surface area contributed by atoms with Gasteiger partial charge in [-0.3, -0.25) is 0 Å². The van der Waals surface area contributed by atoms with E-state index in [9.17, 15) is 10.2 Å². The van der Waals surface area contributed by atoms with Gasteiger partial charge in [0.25, 0.3) is 0 Å². The fourth-order valence-electron chi connectivity index (χ4n) is 3.44. The van der Waals surface area contributed by atoms with Crippen molar-refractivity contribution >= 4 is 0 Å². The SMILES string of the molecule is CC(C)=C1CC=C[C@@H]2CCC(CO)(CO)C[C@@H]12. The Bertz CT molecular complexity index is 333. The lowest BCUT2D eigenvalue weighted by Gasteiger charge is -2.44. The molecule has 0 unspecified atom stereocenters. The van der Waals surface area contributed by atoms with Gasteiger partial charge in [0, 0.05) is 5.41 Å². The number of rotatable bonds is 2. The molecule has 2 atom stereocenters. The summed E-state index contributed by atoms with van der Waals surface area (Å²) in [6, 6.07) is 0. The fourth-order valence-corrected chi connectivity index (χ4v) is 3.44. The minimum absolute atomic E-state index is 0.118. The molecule has 0 aliphatic heterocycles. The Kier molecular flexibility index (Phi) is 3.74. The predicted molar refractivity (Wildman–Crippen MR) is 69.6 cm³/mol. The van der Waals surface area contributed by atoms with Crippen LogP contribution in [0.1, 0.15) is 39.5 Å². The molecule has 2 rings (SSSR count). The van der Waals surface area contributed by atoms with Crippen molar-refractivity contribution in [2.75, 3.05) is 13.2 Å². The molecule has 2 N–H and O–H groups in total. The van der Waals surface area contributed by atoms with Gasteiger partial charge < -0.3 is 10.2 Å². The second-order valence-electron chi connectivity index (χ2n) is 5.99. The Hall–Kier alpha value is -0.600. The highest BCUT2D eigenvalue weighted by Crippen LogP contribution is 2.48. The molecule has 17 heavy (non-hydrogen) atoms. The lowest BCUT2D eigenvalue weighted by molar-refractivity contribution is -0.00133. The van der Waals surface area contributed by atoms with E-state index in [-0.39, 0.29) is 18.6 Å². The summed E-state index contributed by atoms with van der Waals surface area (Å²) >= 11 is 0. The summed E-state index contributed by atoms with van der Waals surface area (Å²) in [6.07, 6.45) is 8.66. The highest BCUT2D eigenvalue weighted by molar-refractivity contribution is 5.25. The summed E-state index contributed by atoms with van der Waals surface area (Å²) in [5, 5.41) is 19.1. The molecule has 0 bridgehead atoms. The Morgan fingerprint density at radius 1 is 1.35 bits per heavy atom. The average molecular weight is 236 g/mol. The number of fused-ring (bicyclic) bond motifs is 1. The van der Waals surface area contributed by atoms with E-state index < -0.39 is 0 Å². The Morgan fingerprint density at radius 2 is 2.06 bits per heavy atom. The lowest BCUT2D eigenvalue weighted by atomic mass is 9.61. The van der Waals surface area contributed by atoms with Crippen molar-refractivity contribution in [3.8, 4) is 0 Å². The first-order valence-electron chi connectivity index (χ1n) is 6.66. The topological polar surface area (TPSA) is 40.5 Å². The van der Waals surface area contributed by atoms with E-state index in [2.05, 4.69) is 26.0 Å². The minimum Gasteiger partial charge on any atom is -0.396 e. The zero-order chi connectivity index (χ0) is 12.5. The number of hydrogen-bond donors (Lipinski definition) is 2. The normalized spacial score (nSPS) is 31.2. The lowest BCUT2D eigenvalue weighted by Crippen LogP contribution is -2.40. The van der Waals surface area contributed by atoms with E-state index >= 15 is 0 Å². The van der Waals surface area contributed by atoms with Crippen LogP contribution in [0.2, 0.25) is 0 Å². The van der Waals surface area contributed by atoms with Crippen molar-refractivity contribution in [3.05, 3.63) is 23.3 Å². The molecule has 1 fully saturated rings. The maximum Gasteiger partial charge on any atom is 0.0509 e. The molecule has 2 aliphatic rings. The highest BCUT2D eigenvalue weighted by atomic mass is 16.3. The van der Waals surface area contributed by atoms with Crippen molar-refractivity contribution in [2.24, 2.45) is 17.3 Å². The van der Waals surface area contributed by atoms with E-state index in [1.807, 2.05) is 0 Å². The monoisotopic (exact) mass is 236 g/mol. The molecule has 0 radical (unpaired) electrons. The molecule has 0 saturated heterocycles. The van der Waals surface area contributed by atoms with Crippen molar-refractivity contribution in [2.45, 2.75) is 39.5 Å². The summed E-state index contributed by atoms with van der Waals surface area (Å²) in [5.74, 6) is 1.16. The fraction of sp³-hybridized carbons (Fsp3) is 0.733. The van der Waals surface area contributed by atoms with Crippen LogP contribution in [-0.4, -0.2) is 23.4 Å². The van der Waals surface area contributed by atoms with Crippen molar-refractivity contribution in [1.29, 1.82) is 0 Å². The van der Waals surface area contributed by atoms with Gasteiger partial charge in [-0.1, -0.05) is 23.3 Å². The largest absolute Gasteiger partial charge is 0.396 e. The van der Waals surface area contributed by atoms with E-state index in [4.69, 9.17) is 0 Å². The summed E-state index contributed by atoms with van der Waals surface area (Å²) in [6.45, 7) is 4.60. The van der Waals surface area contributed by atoms with Crippen LogP contribution in [0.4, 0.5) is 0 Å². The van der Waals surface area contributed by atoms with Gasteiger partial charge >= 0.3 is 0 Å². The molecule has 2 nitrogen and oxygen atoms in total. The van der Waals surface area contributed by atoms with Crippen LogP contribution in [-0.2, 0) is 0 Å². The number of allylic oxidation sites excluding steroid dienone is 4. The second kappa shape index (κ2) is 4.95. The summed E-state index contributed by atoms with van der Waals surface area (Å²) < 4.78 is 0. The highest BCUT2D eigenvalue weighted by Gasteiger charge is 2.41. The molecule has 0 amide bonds. The molecular weight excluding hydrogens is 212 g/mol. The number of hydrogen-bond acceptors (Lipinski definition) is 2. The third-order valence-electron chi connectivity index (χ3n) is 4.66. The quantitative estimate of drug-likeness (QED) is 0.724. The van der Waals surface area contributed by atoms with Gasteiger partial charge in [0.2, 0.25) is 0 Å². The van der Waals surface area contributed by atoms with Crippen LogP contribution in [0.25, 0.3) is 0 Å². The Morgan fingerprint density at radius 3 is 2.65 bits per heavy atom. The van der Waals surface area contributed by atoms with Crippen LogP contribution < -0.4 is 0 Å². The van der Waals surface area contributed by atoms with Crippen molar-refractivity contribution in [3.63, 3.8) is 0 Å². The standard InChI is InChI=1S/C15H24O2/c1-11(2)13-5-3-4-12-6-7-15(9-16,10-17)8-14(12)13/h3-4,12,14,16-17H,5-10H2,1-2H3/t12-,14-/m1/s1. The maximum absolute atomic E-state index is 9.56. The van der Waals surface area contributed by atoms with Crippen LogP contribution >= 0.6 is 0 Å². The van der Waals surface area contributed by atoms with Gasteiger partial charge in [0.1, 0.15) is 0 Å². The van der Waals surface area contributed by atoms with E-state index in [0.717, 1.165) is 25.7 Å². The van der Waals surface area contributed by atoms with Crippen LogP contribution in [0, 0.1) is 17.3 Å². The molecule has 2 heteroatoms. The van der Waals surface area contributed by atoms with Gasteiger partial charge in [-0.05, 0) is 51.4 Å². The summed E-state index contributed by atoms with van der Waals surface area (Å²) in [7, 11) is 0. The Labute approximate surface area is 104 Å². The van der Waals surface area contributed by atoms with Crippen LogP contribution in [0.5, 0.6) is 0 Å². The molecule has 96 valence electrons. The number of aliphatic hydroxyl groups excluding tert-OH is 2. The Balaban J connectivity index is 2.26. The molecule has 2 aliphatic carbocycles. The first-order valence-corrected chi connectivity index (χ1v) is 6.66. The third-order valence-corrected chi connectivity index (χ3v) is 4.66. The first-order chi connectivity index (χ1) is 8.12. The van der Waals surface area contributed by atoms with Gasteiger partial charge in [-0.25, -0.2) is 0 Å². The first kappa shape index (κ1) is 12.8. The third kappa shape index (κ3) is 2.34. The minimum atomic E-state index is -0.243. The molecule has 0 aromatic carbocycles. The van der Waals surface area contributed by atoms with E-state index in [1.54, 1.807) is 0 Å².